The van der Waals surface area contributed by atoms with Crippen molar-refractivity contribution in [2.24, 2.45) is 0 Å². The molecule has 0 spiro atoms. The van der Waals surface area contributed by atoms with E-state index in [2.05, 4.69) is 72.7 Å². The maximum Gasteiger partial charge on any atom is 0.0238 e. The highest BCUT2D eigenvalue weighted by Gasteiger charge is 2.18. The fourth-order valence-corrected chi connectivity index (χ4v) is 3.10. The zero-order chi connectivity index (χ0) is 14.7. The van der Waals surface area contributed by atoms with E-state index in [-0.39, 0.29) is 0 Å². The average Bonchev–Trinajstić information content (AvgIpc) is 2.49. The molecule has 0 saturated carbocycles. The molecule has 1 N–H and O–H groups in total. The Morgan fingerprint density at radius 3 is 2.52 bits per heavy atom. The molecule has 0 aliphatic carbocycles. The van der Waals surface area contributed by atoms with Crippen molar-refractivity contribution >= 4 is 0 Å². The lowest BCUT2D eigenvalue weighted by Gasteiger charge is -2.29. The Labute approximate surface area is 127 Å². The Kier molecular flexibility index (Phi) is 4.37. The van der Waals surface area contributed by atoms with Crippen molar-refractivity contribution in [3.63, 3.8) is 0 Å². The molecule has 0 amide bonds. The van der Waals surface area contributed by atoms with Crippen LogP contribution in [0.15, 0.2) is 48.5 Å². The third-order valence-corrected chi connectivity index (χ3v) is 4.27. The van der Waals surface area contributed by atoms with Gasteiger partial charge in [-0.1, -0.05) is 54.1 Å². The molecule has 2 aromatic carbocycles. The summed E-state index contributed by atoms with van der Waals surface area (Å²) in [5.74, 6) is 0. The number of nitrogens with zero attached hydrogens (tertiary/aromatic N) is 1. The number of benzene rings is 2. The fourth-order valence-electron chi connectivity index (χ4n) is 3.10. The lowest BCUT2D eigenvalue weighted by Crippen LogP contribution is -2.43. The molecule has 1 aliphatic heterocycles. The van der Waals surface area contributed by atoms with Crippen LogP contribution in [0.4, 0.5) is 0 Å². The minimum atomic E-state index is 0.551. The first kappa shape index (κ1) is 14.3. The Bertz CT molecular complexity index is 589. The van der Waals surface area contributed by atoms with Crippen LogP contribution in [0.25, 0.3) is 0 Å². The van der Waals surface area contributed by atoms with E-state index in [9.17, 15) is 0 Å². The molecule has 0 saturated heterocycles. The van der Waals surface area contributed by atoms with Crippen LogP contribution in [0, 0.1) is 6.92 Å². The van der Waals surface area contributed by atoms with Gasteiger partial charge in [-0.3, -0.25) is 0 Å². The van der Waals surface area contributed by atoms with Crippen LogP contribution in [0.5, 0.6) is 0 Å². The van der Waals surface area contributed by atoms with Crippen molar-refractivity contribution in [1.29, 1.82) is 0 Å². The lowest BCUT2D eigenvalue weighted by molar-refractivity contribution is 0.274. The zero-order valence-corrected chi connectivity index (χ0v) is 13.0. The Balaban J connectivity index is 1.56. The maximum absolute atomic E-state index is 3.66. The first-order chi connectivity index (χ1) is 10.2. The highest BCUT2D eigenvalue weighted by atomic mass is 15.1. The first-order valence-electron chi connectivity index (χ1n) is 7.75. The molecule has 110 valence electrons. The minimum absolute atomic E-state index is 0.551. The molecule has 2 nitrogen and oxygen atoms in total. The van der Waals surface area contributed by atoms with E-state index in [1.165, 1.54) is 22.3 Å². The van der Waals surface area contributed by atoms with Crippen molar-refractivity contribution in [2.45, 2.75) is 32.5 Å². The van der Waals surface area contributed by atoms with E-state index in [4.69, 9.17) is 0 Å². The number of hydrogen-bond donors (Lipinski definition) is 1. The summed E-state index contributed by atoms with van der Waals surface area (Å²) in [5, 5.41) is 3.66. The number of rotatable bonds is 4. The van der Waals surface area contributed by atoms with Gasteiger partial charge in [-0.05, 0) is 37.1 Å². The minimum Gasteiger partial charge on any atom is -0.308 e. The topological polar surface area (TPSA) is 15.3 Å². The van der Waals surface area contributed by atoms with E-state index in [0.29, 0.717) is 6.04 Å². The van der Waals surface area contributed by atoms with Crippen molar-refractivity contribution in [1.82, 2.24) is 10.2 Å². The van der Waals surface area contributed by atoms with Crippen LogP contribution in [0.3, 0.4) is 0 Å². The summed E-state index contributed by atoms with van der Waals surface area (Å²) in [6, 6.07) is 18.2. The van der Waals surface area contributed by atoms with Gasteiger partial charge in [-0.25, -0.2) is 0 Å². The number of fused-ring (bicyclic) bond motifs is 1. The number of likely N-dealkylation sites (N-methyl/N-ethyl adjacent to an activating group) is 1. The quantitative estimate of drug-likeness (QED) is 0.925. The van der Waals surface area contributed by atoms with Crippen molar-refractivity contribution in [2.75, 3.05) is 13.6 Å². The lowest BCUT2D eigenvalue weighted by atomic mass is 9.95. The molecule has 1 unspecified atom stereocenters. The van der Waals surface area contributed by atoms with E-state index in [0.717, 1.165) is 26.1 Å². The van der Waals surface area contributed by atoms with E-state index >= 15 is 0 Å². The Morgan fingerprint density at radius 1 is 1.05 bits per heavy atom. The van der Waals surface area contributed by atoms with Gasteiger partial charge in [0, 0.05) is 25.7 Å². The molecule has 1 aliphatic rings. The van der Waals surface area contributed by atoms with E-state index in [1.807, 2.05) is 0 Å². The largest absolute Gasteiger partial charge is 0.308 e. The molecular formula is C19H24N2. The van der Waals surface area contributed by atoms with Crippen LogP contribution < -0.4 is 5.32 Å². The second-order valence-electron chi connectivity index (χ2n) is 6.23. The molecule has 1 atom stereocenters. The summed E-state index contributed by atoms with van der Waals surface area (Å²) in [5.41, 5.74) is 5.67. The molecule has 0 radical (unpaired) electrons. The SMILES string of the molecule is Cc1ccc(CN(C)CC2Cc3ccccc3CN2)cc1. The Hall–Kier alpha value is -1.64. The van der Waals surface area contributed by atoms with Gasteiger partial charge in [0.1, 0.15) is 0 Å². The van der Waals surface area contributed by atoms with Crippen LogP contribution in [-0.2, 0) is 19.5 Å². The summed E-state index contributed by atoms with van der Waals surface area (Å²) in [6.07, 6.45) is 1.13. The molecular weight excluding hydrogens is 256 g/mol. The normalized spacial score (nSPS) is 17.8. The number of hydrogen-bond acceptors (Lipinski definition) is 2. The number of nitrogens with one attached hydrogen (secondary N) is 1. The van der Waals surface area contributed by atoms with Gasteiger partial charge in [-0.2, -0.15) is 0 Å². The Morgan fingerprint density at radius 2 is 1.76 bits per heavy atom. The molecule has 2 heteroatoms. The predicted octanol–water partition coefficient (Wildman–Crippen LogP) is 3.14. The van der Waals surface area contributed by atoms with Crippen molar-refractivity contribution < 1.29 is 0 Å². The molecule has 0 bridgehead atoms. The average molecular weight is 280 g/mol. The summed E-state index contributed by atoms with van der Waals surface area (Å²) in [6.45, 7) is 5.23. The molecule has 0 fully saturated rings. The monoisotopic (exact) mass is 280 g/mol. The standard InChI is InChI=1S/C19H24N2/c1-15-7-9-16(10-8-15)13-21(2)14-19-11-17-5-3-4-6-18(17)12-20-19/h3-10,19-20H,11-14H2,1-2H3. The molecule has 2 aromatic rings. The van der Waals surface area contributed by atoms with Gasteiger partial charge in [0.15, 0.2) is 0 Å². The van der Waals surface area contributed by atoms with Crippen molar-refractivity contribution in [3.05, 3.63) is 70.8 Å². The van der Waals surface area contributed by atoms with Gasteiger partial charge in [-0.15, -0.1) is 0 Å². The van der Waals surface area contributed by atoms with Gasteiger partial charge < -0.3 is 10.2 Å². The predicted molar refractivity (Wildman–Crippen MR) is 88.3 cm³/mol. The zero-order valence-electron chi connectivity index (χ0n) is 13.0. The highest BCUT2D eigenvalue weighted by Crippen LogP contribution is 2.17. The smallest absolute Gasteiger partial charge is 0.0238 e. The first-order valence-corrected chi connectivity index (χ1v) is 7.75. The molecule has 0 aromatic heterocycles. The summed E-state index contributed by atoms with van der Waals surface area (Å²) in [4.78, 5) is 2.41. The van der Waals surface area contributed by atoms with Crippen LogP contribution in [-0.4, -0.2) is 24.5 Å². The van der Waals surface area contributed by atoms with Gasteiger partial charge >= 0.3 is 0 Å². The van der Waals surface area contributed by atoms with Gasteiger partial charge in [0.25, 0.3) is 0 Å². The van der Waals surface area contributed by atoms with Crippen molar-refractivity contribution in [3.8, 4) is 0 Å². The second kappa shape index (κ2) is 6.42. The number of aryl methyl sites for hydroxylation is 1. The summed E-state index contributed by atoms with van der Waals surface area (Å²) in [7, 11) is 2.21. The summed E-state index contributed by atoms with van der Waals surface area (Å²) >= 11 is 0. The third-order valence-electron chi connectivity index (χ3n) is 4.27. The van der Waals surface area contributed by atoms with Gasteiger partial charge in [0.2, 0.25) is 0 Å². The van der Waals surface area contributed by atoms with E-state index in [1.54, 1.807) is 0 Å². The van der Waals surface area contributed by atoms with E-state index < -0.39 is 0 Å². The fraction of sp³-hybridized carbons (Fsp3) is 0.368. The highest BCUT2D eigenvalue weighted by molar-refractivity contribution is 5.30. The molecule has 3 rings (SSSR count). The molecule has 21 heavy (non-hydrogen) atoms. The third kappa shape index (κ3) is 3.72. The second-order valence-corrected chi connectivity index (χ2v) is 6.23. The molecule has 1 heterocycles. The summed E-state index contributed by atoms with van der Waals surface area (Å²) < 4.78 is 0. The van der Waals surface area contributed by atoms with Crippen LogP contribution >= 0.6 is 0 Å². The van der Waals surface area contributed by atoms with Gasteiger partial charge in [0.05, 0.1) is 0 Å². The maximum atomic E-state index is 3.66. The van der Waals surface area contributed by atoms with Crippen LogP contribution in [0.2, 0.25) is 0 Å². The van der Waals surface area contributed by atoms with Crippen LogP contribution in [0.1, 0.15) is 22.3 Å².